The van der Waals surface area contributed by atoms with E-state index in [9.17, 15) is 35.6 Å². The summed E-state index contributed by atoms with van der Waals surface area (Å²) in [6, 6.07) is 4.87. The van der Waals surface area contributed by atoms with Crippen LogP contribution < -0.4 is 10.6 Å². The van der Waals surface area contributed by atoms with Crippen LogP contribution >= 0.6 is 0 Å². The van der Waals surface area contributed by atoms with Gasteiger partial charge in [-0.3, -0.25) is 9.59 Å². The largest absolute Gasteiger partial charge is 0.416 e. The Labute approximate surface area is 222 Å². The van der Waals surface area contributed by atoms with Gasteiger partial charge in [0, 0.05) is 30.0 Å². The molecule has 3 saturated carbocycles. The van der Waals surface area contributed by atoms with Gasteiger partial charge in [-0.15, -0.1) is 0 Å². The first-order valence-corrected chi connectivity index (χ1v) is 14.6. The number of alkyl halides is 3. The quantitative estimate of drug-likeness (QED) is 0.488. The molecule has 0 spiro atoms. The van der Waals surface area contributed by atoms with Crippen molar-refractivity contribution in [2.75, 3.05) is 18.6 Å². The summed E-state index contributed by atoms with van der Waals surface area (Å²) in [6.07, 6.45) is -0.314. The molecule has 12 heteroatoms. The number of nitrogens with zero attached hydrogens (tertiary/aromatic N) is 1. The van der Waals surface area contributed by atoms with Crippen LogP contribution in [0.15, 0.2) is 41.3 Å². The molecule has 2 aromatic rings. The maximum absolute atomic E-state index is 14.9. The van der Waals surface area contributed by atoms with Gasteiger partial charge >= 0.3 is 6.18 Å². The van der Waals surface area contributed by atoms with Crippen molar-refractivity contribution in [2.24, 2.45) is 11.3 Å². The molecule has 1 heterocycles. The molecule has 0 radical (unpaired) electrons. The lowest BCUT2D eigenvalue weighted by molar-refractivity contribution is -0.137. The number of sulfone groups is 1. The monoisotopic (exact) mass is 565 g/mol. The Bertz CT molecular complexity index is 1510. The first kappa shape index (κ1) is 26.1. The summed E-state index contributed by atoms with van der Waals surface area (Å²) in [7, 11) is -1.99. The standard InChI is InChI=1S/C27H27F4N3O4S/c1-32-20-8-6-16(39(2,37)38)10-18(20)24(36)34-21(11-25-12-26(25,34)13-25)23(35)33-22(14-3-4-14)17-7-5-15(9-19(17)28)27(29,30)31/h5-10,14,21-22,32H,3-4,11-13H2,1-2H3,(H,33,35)/t21-,22-,25?,26?/m1/s1. The molecule has 0 aromatic heterocycles. The molecule has 7 nitrogen and oxygen atoms in total. The van der Waals surface area contributed by atoms with Crippen LogP contribution in [0.5, 0.6) is 0 Å². The van der Waals surface area contributed by atoms with Gasteiger partial charge < -0.3 is 15.5 Å². The summed E-state index contributed by atoms with van der Waals surface area (Å²) in [5.41, 5.74) is -1.16. The predicted molar refractivity (Wildman–Crippen MR) is 133 cm³/mol. The number of likely N-dealkylation sites (tertiary alicyclic amines) is 1. The average Bonchev–Trinajstić information content (AvgIpc) is 3.80. The molecule has 4 fully saturated rings. The van der Waals surface area contributed by atoms with Crippen molar-refractivity contribution in [1.82, 2.24) is 10.2 Å². The first-order chi connectivity index (χ1) is 18.2. The lowest BCUT2D eigenvalue weighted by atomic mass is 9.96. The van der Waals surface area contributed by atoms with Gasteiger partial charge in [0.15, 0.2) is 9.84 Å². The van der Waals surface area contributed by atoms with Gasteiger partial charge in [-0.1, -0.05) is 6.07 Å². The zero-order valence-corrected chi connectivity index (χ0v) is 22.0. The minimum Gasteiger partial charge on any atom is -0.387 e. The molecule has 1 aliphatic heterocycles. The number of hydrogen-bond acceptors (Lipinski definition) is 5. The SMILES string of the molecule is CNc1ccc(S(C)(=O)=O)cc1C(=O)N1[C@@H](C(=O)N[C@@H](c2ccc(C(F)(F)F)cc2F)C2CC2)CC23CC12C3. The summed E-state index contributed by atoms with van der Waals surface area (Å²) < 4.78 is 78.4. The Balaban J connectivity index is 1.29. The van der Waals surface area contributed by atoms with E-state index in [1.807, 2.05) is 0 Å². The van der Waals surface area contributed by atoms with Gasteiger partial charge in [-0.25, -0.2) is 12.8 Å². The molecule has 3 aliphatic carbocycles. The summed E-state index contributed by atoms with van der Waals surface area (Å²) in [5.74, 6) is -2.12. The molecule has 2 N–H and O–H groups in total. The van der Waals surface area contributed by atoms with Gasteiger partial charge in [0.25, 0.3) is 5.91 Å². The van der Waals surface area contributed by atoms with Crippen LogP contribution in [0.25, 0.3) is 0 Å². The molecular formula is C27H27F4N3O4S. The normalized spacial score (nSPS) is 27.8. The van der Waals surface area contributed by atoms with E-state index in [0.29, 0.717) is 31.0 Å². The maximum atomic E-state index is 14.9. The minimum absolute atomic E-state index is 0.0142. The molecular weight excluding hydrogens is 538 g/mol. The van der Waals surface area contributed by atoms with E-state index in [-0.39, 0.29) is 27.4 Å². The second-order valence-corrected chi connectivity index (χ2v) is 13.4. The fourth-order valence-electron chi connectivity index (χ4n) is 6.41. The van der Waals surface area contributed by atoms with Gasteiger partial charge in [0.05, 0.1) is 27.6 Å². The molecule has 0 bridgehead atoms. The summed E-state index contributed by atoms with van der Waals surface area (Å²) in [6.45, 7) is 0. The van der Waals surface area contributed by atoms with E-state index in [1.165, 1.54) is 18.2 Å². The van der Waals surface area contributed by atoms with Crippen molar-refractivity contribution in [3.63, 3.8) is 0 Å². The van der Waals surface area contributed by atoms with Crippen molar-refractivity contribution in [2.45, 2.75) is 60.8 Å². The molecule has 208 valence electrons. The van der Waals surface area contributed by atoms with Crippen LogP contribution in [0.3, 0.4) is 0 Å². The van der Waals surface area contributed by atoms with Crippen molar-refractivity contribution in [3.05, 3.63) is 58.9 Å². The fraction of sp³-hybridized carbons (Fsp3) is 0.481. The second kappa shape index (κ2) is 8.18. The molecule has 1 saturated heterocycles. The molecule has 6 rings (SSSR count). The average molecular weight is 566 g/mol. The first-order valence-electron chi connectivity index (χ1n) is 12.7. The highest BCUT2D eigenvalue weighted by Crippen LogP contribution is 2.87. The van der Waals surface area contributed by atoms with Crippen LogP contribution in [-0.2, 0) is 20.8 Å². The molecule has 2 amide bonds. The predicted octanol–water partition coefficient (Wildman–Crippen LogP) is 4.30. The zero-order chi connectivity index (χ0) is 28.1. The third kappa shape index (κ3) is 4.09. The van der Waals surface area contributed by atoms with E-state index < -0.39 is 56.8 Å². The fourth-order valence-corrected chi connectivity index (χ4v) is 7.06. The third-order valence-electron chi connectivity index (χ3n) is 8.85. The van der Waals surface area contributed by atoms with Crippen LogP contribution in [-0.4, -0.2) is 50.0 Å². The molecule has 4 aliphatic rings. The van der Waals surface area contributed by atoms with Crippen molar-refractivity contribution < 1.29 is 35.6 Å². The number of hydrogen-bond donors (Lipinski definition) is 2. The van der Waals surface area contributed by atoms with Gasteiger partial charge in [0.1, 0.15) is 11.9 Å². The van der Waals surface area contributed by atoms with Crippen molar-refractivity contribution >= 4 is 27.3 Å². The Morgan fingerprint density at radius 3 is 2.36 bits per heavy atom. The van der Waals surface area contributed by atoms with E-state index in [4.69, 9.17) is 0 Å². The summed E-state index contributed by atoms with van der Waals surface area (Å²) in [4.78, 5) is 29.1. The Morgan fingerprint density at radius 2 is 1.79 bits per heavy atom. The highest BCUT2D eigenvalue weighted by molar-refractivity contribution is 7.90. The Hall–Kier alpha value is -3.15. The van der Waals surface area contributed by atoms with E-state index in [0.717, 1.165) is 31.2 Å². The number of piperidine rings is 2. The van der Waals surface area contributed by atoms with E-state index in [2.05, 4.69) is 10.6 Å². The number of carbonyl (C=O) groups is 2. The zero-order valence-electron chi connectivity index (χ0n) is 21.2. The number of benzene rings is 2. The topological polar surface area (TPSA) is 95.6 Å². The van der Waals surface area contributed by atoms with Gasteiger partial charge in [0.2, 0.25) is 5.91 Å². The van der Waals surface area contributed by atoms with Crippen LogP contribution in [0.2, 0.25) is 0 Å². The van der Waals surface area contributed by atoms with Crippen LogP contribution in [0, 0.1) is 17.2 Å². The van der Waals surface area contributed by atoms with Gasteiger partial charge in [-0.05, 0) is 68.4 Å². The van der Waals surface area contributed by atoms with Crippen LogP contribution in [0.1, 0.15) is 59.6 Å². The number of carbonyl (C=O) groups excluding carboxylic acids is 2. The number of rotatable bonds is 7. The Morgan fingerprint density at radius 1 is 1.10 bits per heavy atom. The maximum Gasteiger partial charge on any atom is 0.416 e. The lowest BCUT2D eigenvalue weighted by Gasteiger charge is -2.35. The smallest absolute Gasteiger partial charge is 0.387 e. The number of anilines is 1. The highest BCUT2D eigenvalue weighted by Gasteiger charge is 2.91. The minimum atomic E-state index is -4.69. The number of nitrogens with one attached hydrogen (secondary N) is 2. The Kier molecular flexibility index (Phi) is 5.48. The van der Waals surface area contributed by atoms with Crippen LogP contribution in [0.4, 0.5) is 23.2 Å². The van der Waals surface area contributed by atoms with E-state index >= 15 is 0 Å². The number of halogens is 4. The molecule has 39 heavy (non-hydrogen) atoms. The van der Waals surface area contributed by atoms with Crippen molar-refractivity contribution in [3.8, 4) is 0 Å². The van der Waals surface area contributed by atoms with Gasteiger partial charge in [-0.2, -0.15) is 13.2 Å². The summed E-state index contributed by atoms with van der Waals surface area (Å²) in [5, 5.41) is 5.76. The van der Waals surface area contributed by atoms with E-state index in [1.54, 1.807) is 11.9 Å². The second-order valence-electron chi connectivity index (χ2n) is 11.3. The summed E-state index contributed by atoms with van der Waals surface area (Å²) >= 11 is 0. The molecule has 2 atom stereocenters. The molecule has 2 aromatic carbocycles. The molecule has 0 unspecified atom stereocenters. The lowest BCUT2D eigenvalue weighted by Crippen LogP contribution is -2.52. The highest BCUT2D eigenvalue weighted by atomic mass is 32.2. The third-order valence-corrected chi connectivity index (χ3v) is 9.96. The number of amides is 2. The van der Waals surface area contributed by atoms with Crippen molar-refractivity contribution in [1.29, 1.82) is 0 Å².